The summed E-state index contributed by atoms with van der Waals surface area (Å²) in [5.74, 6) is 0. The molecule has 0 aliphatic carbocycles. The molecule has 0 aromatic carbocycles. The summed E-state index contributed by atoms with van der Waals surface area (Å²) in [7, 11) is 0. The fourth-order valence-corrected chi connectivity index (χ4v) is 3.32. The monoisotopic (exact) mass is 418 g/mol. The van der Waals surface area contributed by atoms with Crippen molar-refractivity contribution in [3.63, 3.8) is 0 Å². The molecule has 2 amide bonds. The van der Waals surface area contributed by atoms with Crippen molar-refractivity contribution in [1.82, 2.24) is 24.5 Å². The van der Waals surface area contributed by atoms with E-state index >= 15 is 0 Å². The van der Waals surface area contributed by atoms with Crippen LogP contribution in [0.3, 0.4) is 0 Å². The molecular weight excluding hydrogens is 384 g/mol. The molecule has 0 aromatic heterocycles. The number of carbonyl (C=O) groups is 1. The number of hydrogen-bond donors (Lipinski definition) is 2. The van der Waals surface area contributed by atoms with Crippen LogP contribution in [0.1, 0.15) is 0 Å². The molecule has 166 valence electrons. The van der Waals surface area contributed by atoms with Crippen LogP contribution < -0.4 is 11.5 Å². The van der Waals surface area contributed by atoms with Crippen LogP contribution in [0.25, 0.3) is 4.85 Å². The highest BCUT2D eigenvalue weighted by Gasteiger charge is 2.28. The molecule has 1 aliphatic rings. The molecule has 0 aromatic rings. The van der Waals surface area contributed by atoms with Gasteiger partial charge in [-0.05, 0) is 0 Å². The van der Waals surface area contributed by atoms with E-state index < -0.39 is 0 Å². The fourth-order valence-electron chi connectivity index (χ4n) is 3.32. The lowest BCUT2D eigenvalue weighted by Crippen LogP contribution is -2.43. The molecule has 1 fully saturated rings. The average Bonchev–Trinajstić information content (AvgIpc) is 3.08. The molecule has 0 spiro atoms. The topological polar surface area (TPSA) is 137 Å². The highest BCUT2D eigenvalue weighted by molar-refractivity contribution is 5.76. The molecule has 1 rings (SSSR count). The van der Waals surface area contributed by atoms with Gasteiger partial charge in [-0.2, -0.15) is 10.5 Å². The van der Waals surface area contributed by atoms with Crippen molar-refractivity contribution in [3.05, 3.63) is 11.4 Å². The summed E-state index contributed by atoms with van der Waals surface area (Å²) < 4.78 is 0. The van der Waals surface area contributed by atoms with E-state index in [0.29, 0.717) is 85.2 Å². The van der Waals surface area contributed by atoms with Gasteiger partial charge >= 0.3 is 6.03 Å². The van der Waals surface area contributed by atoms with Crippen molar-refractivity contribution in [3.8, 4) is 12.1 Å². The van der Waals surface area contributed by atoms with Crippen LogP contribution in [-0.2, 0) is 0 Å². The van der Waals surface area contributed by atoms with Gasteiger partial charge in [0.25, 0.3) is 6.67 Å². The normalized spacial score (nSPS) is 13.9. The van der Waals surface area contributed by atoms with Crippen LogP contribution in [0.2, 0.25) is 0 Å². The number of amides is 2. The Morgan fingerprint density at radius 1 is 0.867 bits per heavy atom. The maximum absolute atomic E-state index is 12.7. The summed E-state index contributed by atoms with van der Waals surface area (Å²) in [6, 6.07) is 4.18. The van der Waals surface area contributed by atoms with E-state index in [1.807, 2.05) is 14.7 Å². The zero-order valence-electron chi connectivity index (χ0n) is 17.7. The molecule has 1 aliphatic heterocycles. The molecule has 0 atom stereocenters. The molecule has 0 radical (unpaired) electrons. The number of carbonyl (C=O) groups excluding carboxylic acids is 1. The quantitative estimate of drug-likeness (QED) is 0.227. The Balaban J connectivity index is 2.45. The third kappa shape index (κ3) is 9.36. The van der Waals surface area contributed by atoms with Gasteiger partial charge in [-0.25, -0.2) is 16.3 Å². The minimum absolute atomic E-state index is 0.0220. The SMILES string of the molecule is [C-]#[N+]CN(CCN)CCN1CCN(CCN(CCN)CCN(CC#N)CC#N)C1=O. The van der Waals surface area contributed by atoms with Crippen molar-refractivity contribution in [2.45, 2.75) is 0 Å². The summed E-state index contributed by atoms with van der Waals surface area (Å²) in [6.07, 6.45) is 0. The maximum Gasteiger partial charge on any atom is 0.320 e. The zero-order valence-corrected chi connectivity index (χ0v) is 17.7. The first-order valence-corrected chi connectivity index (χ1v) is 10.3. The fraction of sp³-hybridized carbons (Fsp3) is 0.789. The van der Waals surface area contributed by atoms with Gasteiger partial charge < -0.3 is 21.3 Å². The van der Waals surface area contributed by atoms with Crippen LogP contribution >= 0.6 is 0 Å². The molecule has 30 heavy (non-hydrogen) atoms. The van der Waals surface area contributed by atoms with E-state index in [-0.39, 0.29) is 19.1 Å². The van der Waals surface area contributed by atoms with E-state index in [9.17, 15) is 4.79 Å². The highest BCUT2D eigenvalue weighted by Crippen LogP contribution is 2.09. The van der Waals surface area contributed by atoms with Gasteiger partial charge in [-0.3, -0.25) is 14.6 Å². The second-order valence-electron chi connectivity index (χ2n) is 7.12. The summed E-state index contributed by atoms with van der Waals surface area (Å²) in [5.41, 5.74) is 11.3. The smallest absolute Gasteiger partial charge is 0.320 e. The van der Waals surface area contributed by atoms with Gasteiger partial charge in [0.1, 0.15) is 0 Å². The second-order valence-corrected chi connectivity index (χ2v) is 7.12. The van der Waals surface area contributed by atoms with Gasteiger partial charge in [-0.15, -0.1) is 0 Å². The molecule has 11 heteroatoms. The first-order valence-electron chi connectivity index (χ1n) is 10.3. The van der Waals surface area contributed by atoms with Crippen LogP contribution in [0.15, 0.2) is 0 Å². The van der Waals surface area contributed by atoms with Crippen LogP contribution in [-0.4, -0.2) is 129 Å². The van der Waals surface area contributed by atoms with Crippen molar-refractivity contribution in [2.24, 2.45) is 11.5 Å². The van der Waals surface area contributed by atoms with Crippen molar-refractivity contribution >= 4 is 6.03 Å². The van der Waals surface area contributed by atoms with Crippen molar-refractivity contribution in [1.29, 1.82) is 10.5 Å². The summed E-state index contributed by atoms with van der Waals surface area (Å²) in [6.45, 7) is 15.3. The number of hydrogen-bond acceptors (Lipinski definition) is 8. The minimum atomic E-state index is 0.0220. The molecule has 0 bridgehead atoms. The van der Waals surface area contributed by atoms with Crippen molar-refractivity contribution in [2.75, 3.05) is 98.3 Å². The predicted octanol–water partition coefficient (Wildman–Crippen LogP) is -1.53. The van der Waals surface area contributed by atoms with Gasteiger partial charge in [0, 0.05) is 78.5 Å². The molecule has 4 N–H and O–H groups in total. The molecule has 0 saturated carbocycles. The Hall–Kier alpha value is -2.46. The first kappa shape index (κ1) is 25.6. The predicted molar refractivity (Wildman–Crippen MR) is 114 cm³/mol. The van der Waals surface area contributed by atoms with Crippen LogP contribution in [0.4, 0.5) is 4.79 Å². The maximum atomic E-state index is 12.7. The van der Waals surface area contributed by atoms with Crippen LogP contribution in [0, 0.1) is 29.2 Å². The molecule has 0 unspecified atom stereocenters. The van der Waals surface area contributed by atoms with Gasteiger partial charge in [-0.1, -0.05) is 0 Å². The Labute approximate surface area is 179 Å². The zero-order chi connectivity index (χ0) is 22.2. The molecule has 1 saturated heterocycles. The second kappa shape index (κ2) is 15.4. The van der Waals surface area contributed by atoms with Gasteiger partial charge in [0.2, 0.25) is 0 Å². The lowest BCUT2D eigenvalue weighted by molar-refractivity contribution is 0.173. The number of nitriles is 2. The Morgan fingerprint density at radius 2 is 1.37 bits per heavy atom. The van der Waals surface area contributed by atoms with Crippen molar-refractivity contribution < 1.29 is 4.79 Å². The first-order chi connectivity index (χ1) is 14.6. The van der Waals surface area contributed by atoms with E-state index in [0.717, 1.165) is 0 Å². The molecular formula is C19H34N10O. The molecule has 1 heterocycles. The largest absolute Gasteiger partial charge is 0.329 e. The number of urea groups is 1. The number of nitrogens with zero attached hydrogens (tertiary/aromatic N) is 8. The summed E-state index contributed by atoms with van der Waals surface area (Å²) in [5, 5.41) is 17.7. The average molecular weight is 419 g/mol. The Kier molecular flexibility index (Phi) is 13.1. The van der Waals surface area contributed by atoms with Gasteiger partial charge in [0.15, 0.2) is 0 Å². The standard InChI is InChI=1S/C19H34N10O/c1-24-18-27(9-5-23)13-15-29-17-16-28(19(29)30)14-12-26(8-4-22)11-10-25(6-2-20)7-3-21/h4-18,22-23H2. The van der Waals surface area contributed by atoms with E-state index in [2.05, 4.69) is 21.9 Å². The Bertz CT molecular complexity index is 606. The lowest BCUT2D eigenvalue weighted by atomic mass is 10.4. The summed E-state index contributed by atoms with van der Waals surface area (Å²) >= 11 is 0. The molecule has 11 nitrogen and oxygen atoms in total. The number of rotatable bonds is 16. The lowest BCUT2D eigenvalue weighted by Gasteiger charge is -2.27. The van der Waals surface area contributed by atoms with E-state index in [1.54, 1.807) is 4.90 Å². The Morgan fingerprint density at radius 3 is 1.87 bits per heavy atom. The van der Waals surface area contributed by atoms with Crippen LogP contribution in [0.5, 0.6) is 0 Å². The highest BCUT2D eigenvalue weighted by atomic mass is 16.2. The van der Waals surface area contributed by atoms with E-state index in [4.69, 9.17) is 28.6 Å². The minimum Gasteiger partial charge on any atom is -0.329 e. The van der Waals surface area contributed by atoms with E-state index in [1.165, 1.54) is 0 Å². The third-order valence-corrected chi connectivity index (χ3v) is 5.04. The summed E-state index contributed by atoms with van der Waals surface area (Å²) in [4.78, 5) is 25.6. The van der Waals surface area contributed by atoms with Gasteiger partial charge in [0.05, 0.1) is 25.2 Å². The third-order valence-electron chi connectivity index (χ3n) is 5.04. The number of nitrogens with two attached hydrogens (primary N) is 2.